The van der Waals surface area contributed by atoms with Gasteiger partial charge < -0.3 is 18.4 Å². The molecular weight excluding hydrogens is 423 g/mol. The minimum atomic E-state index is -4.17. The highest BCUT2D eigenvalue weighted by atomic mass is 32.2. The summed E-state index contributed by atoms with van der Waals surface area (Å²) in [6.07, 6.45) is 1.42. The first-order chi connectivity index (χ1) is 14.8. The molecule has 0 spiro atoms. The minimum Gasteiger partial charge on any atom is -0.459 e. The number of amides is 1. The van der Waals surface area contributed by atoms with Gasteiger partial charge in [-0.2, -0.15) is 8.42 Å². The number of hydrogen-bond donors (Lipinski definition) is 0. The highest BCUT2D eigenvalue weighted by Gasteiger charge is 2.23. The molecule has 31 heavy (non-hydrogen) atoms. The Morgan fingerprint density at radius 1 is 1.00 bits per heavy atom. The van der Waals surface area contributed by atoms with Gasteiger partial charge in [-0.1, -0.05) is 18.2 Å². The number of likely N-dealkylation sites (N-methyl/N-ethyl adjacent to an activating group) is 1. The van der Waals surface area contributed by atoms with Gasteiger partial charge in [-0.25, -0.2) is 4.39 Å². The third kappa shape index (κ3) is 5.93. The quantitative estimate of drug-likeness (QED) is 0.469. The smallest absolute Gasteiger partial charge is 0.339 e. The molecule has 1 amide bonds. The van der Waals surface area contributed by atoms with Crippen molar-refractivity contribution in [3.05, 3.63) is 84.1 Å². The summed E-state index contributed by atoms with van der Waals surface area (Å²) in [5, 5.41) is 0. The molecule has 0 aliphatic carbocycles. The number of furan rings is 1. The number of benzene rings is 2. The summed E-state index contributed by atoms with van der Waals surface area (Å²) in [7, 11) is -0.393. The highest BCUT2D eigenvalue weighted by Crippen LogP contribution is 2.25. The summed E-state index contributed by atoms with van der Waals surface area (Å²) >= 11 is 0. The van der Waals surface area contributed by atoms with Gasteiger partial charge in [0.2, 0.25) is 0 Å². The molecule has 0 saturated heterocycles. The van der Waals surface area contributed by atoms with Crippen molar-refractivity contribution in [1.82, 2.24) is 9.80 Å². The number of hydrogen-bond acceptors (Lipinski definition) is 6. The lowest BCUT2D eigenvalue weighted by Crippen LogP contribution is -2.36. The molecule has 2 aromatic carbocycles. The molecular formula is C22H23FN2O5S. The third-order valence-corrected chi connectivity index (χ3v) is 5.72. The zero-order chi connectivity index (χ0) is 22.4. The Bertz CT molecular complexity index is 1110. The summed E-state index contributed by atoms with van der Waals surface area (Å²) in [6.45, 7) is 1.11. The first kappa shape index (κ1) is 22.5. The predicted octanol–water partition coefficient (Wildman–Crippen LogP) is 3.39. The van der Waals surface area contributed by atoms with E-state index >= 15 is 0 Å². The summed E-state index contributed by atoms with van der Waals surface area (Å²) in [5.41, 5.74) is 0.506. The van der Waals surface area contributed by atoms with Gasteiger partial charge in [0, 0.05) is 25.2 Å². The Morgan fingerprint density at radius 3 is 2.35 bits per heavy atom. The SMILES string of the molecule is CN(C)CCN(Cc1ccccc1OS(=O)(=O)c1ccc(F)cc1)C(=O)c1ccco1. The number of halogens is 1. The van der Waals surface area contributed by atoms with E-state index in [0.29, 0.717) is 18.7 Å². The van der Waals surface area contributed by atoms with E-state index in [1.807, 2.05) is 19.0 Å². The van der Waals surface area contributed by atoms with Crippen LogP contribution in [-0.4, -0.2) is 51.3 Å². The van der Waals surface area contributed by atoms with Crippen LogP contribution < -0.4 is 4.18 Å². The lowest BCUT2D eigenvalue weighted by Gasteiger charge is -2.24. The average Bonchev–Trinajstić information content (AvgIpc) is 3.26. The molecule has 0 bridgehead atoms. The predicted molar refractivity (Wildman–Crippen MR) is 113 cm³/mol. The van der Waals surface area contributed by atoms with Gasteiger partial charge in [0.25, 0.3) is 5.91 Å². The number of carbonyl (C=O) groups is 1. The monoisotopic (exact) mass is 446 g/mol. The van der Waals surface area contributed by atoms with Crippen molar-refractivity contribution >= 4 is 16.0 Å². The Morgan fingerprint density at radius 2 is 1.71 bits per heavy atom. The Balaban J connectivity index is 1.86. The van der Waals surface area contributed by atoms with Gasteiger partial charge in [-0.3, -0.25) is 4.79 Å². The van der Waals surface area contributed by atoms with E-state index in [1.165, 1.54) is 12.3 Å². The van der Waals surface area contributed by atoms with Crippen LogP contribution >= 0.6 is 0 Å². The highest BCUT2D eigenvalue weighted by molar-refractivity contribution is 7.87. The van der Waals surface area contributed by atoms with E-state index in [-0.39, 0.29) is 28.9 Å². The fourth-order valence-electron chi connectivity index (χ4n) is 2.82. The molecule has 0 aliphatic rings. The first-order valence-corrected chi connectivity index (χ1v) is 10.9. The second kappa shape index (κ2) is 9.76. The molecule has 164 valence electrons. The Labute approximate surface area is 180 Å². The molecule has 0 unspecified atom stereocenters. The molecule has 1 heterocycles. The molecule has 7 nitrogen and oxygen atoms in total. The van der Waals surface area contributed by atoms with Crippen LogP contribution in [0, 0.1) is 5.82 Å². The van der Waals surface area contributed by atoms with Crippen LogP contribution in [0.5, 0.6) is 5.75 Å². The standard InChI is InChI=1S/C22H23FN2O5S/c1-24(2)13-14-25(22(26)21-8-5-15-29-21)16-17-6-3-4-7-20(17)30-31(27,28)19-11-9-18(23)10-12-19/h3-12,15H,13-14,16H2,1-2H3. The van der Waals surface area contributed by atoms with E-state index < -0.39 is 15.9 Å². The van der Waals surface area contributed by atoms with Crippen molar-refractivity contribution in [1.29, 1.82) is 0 Å². The van der Waals surface area contributed by atoms with Crippen LogP contribution in [0.3, 0.4) is 0 Å². The van der Waals surface area contributed by atoms with Gasteiger partial charge >= 0.3 is 10.1 Å². The third-order valence-electron chi connectivity index (χ3n) is 4.47. The molecule has 1 aromatic heterocycles. The number of nitrogens with zero attached hydrogens (tertiary/aromatic N) is 2. The van der Waals surface area contributed by atoms with Crippen molar-refractivity contribution < 1.29 is 26.2 Å². The summed E-state index contributed by atoms with van der Waals surface area (Å²) in [5.74, 6) is -0.583. The molecule has 0 fully saturated rings. The lowest BCUT2D eigenvalue weighted by atomic mass is 10.2. The van der Waals surface area contributed by atoms with Crippen LogP contribution in [-0.2, 0) is 16.7 Å². The van der Waals surface area contributed by atoms with Crippen LogP contribution in [0.2, 0.25) is 0 Å². The van der Waals surface area contributed by atoms with E-state index in [4.69, 9.17) is 8.60 Å². The van der Waals surface area contributed by atoms with E-state index in [9.17, 15) is 17.6 Å². The maximum absolute atomic E-state index is 13.1. The van der Waals surface area contributed by atoms with Crippen molar-refractivity contribution in [3.63, 3.8) is 0 Å². The van der Waals surface area contributed by atoms with Crippen molar-refractivity contribution in [2.75, 3.05) is 27.2 Å². The van der Waals surface area contributed by atoms with Gasteiger partial charge in [-0.15, -0.1) is 0 Å². The molecule has 0 N–H and O–H groups in total. The fourth-order valence-corrected chi connectivity index (χ4v) is 3.78. The van der Waals surface area contributed by atoms with Crippen LogP contribution in [0.4, 0.5) is 4.39 Å². The largest absolute Gasteiger partial charge is 0.459 e. The van der Waals surface area contributed by atoms with Gasteiger partial charge in [0.15, 0.2) is 5.76 Å². The summed E-state index contributed by atoms with van der Waals surface area (Å²) < 4.78 is 49.0. The second-order valence-electron chi connectivity index (χ2n) is 7.11. The zero-order valence-electron chi connectivity index (χ0n) is 17.2. The molecule has 9 heteroatoms. The number of rotatable bonds is 9. The fraction of sp³-hybridized carbons (Fsp3) is 0.227. The molecule has 0 radical (unpaired) electrons. The Kier molecular flexibility index (Phi) is 7.09. The van der Waals surface area contributed by atoms with Crippen LogP contribution in [0.1, 0.15) is 16.1 Å². The van der Waals surface area contributed by atoms with E-state index in [1.54, 1.807) is 35.2 Å². The number of carbonyl (C=O) groups excluding carboxylic acids is 1. The Hall–Kier alpha value is -3.17. The maximum atomic E-state index is 13.1. The van der Waals surface area contributed by atoms with Gasteiger partial charge in [0.1, 0.15) is 16.5 Å². The molecule has 0 atom stereocenters. The van der Waals surface area contributed by atoms with Crippen molar-refractivity contribution in [2.24, 2.45) is 0 Å². The van der Waals surface area contributed by atoms with Gasteiger partial charge in [0.05, 0.1) is 6.26 Å². The molecule has 0 saturated carbocycles. The lowest BCUT2D eigenvalue weighted by molar-refractivity contribution is 0.0699. The van der Waals surface area contributed by atoms with Gasteiger partial charge in [-0.05, 0) is 56.6 Å². The first-order valence-electron chi connectivity index (χ1n) is 9.52. The van der Waals surface area contributed by atoms with Crippen molar-refractivity contribution in [2.45, 2.75) is 11.4 Å². The molecule has 3 rings (SSSR count). The zero-order valence-corrected chi connectivity index (χ0v) is 18.0. The number of para-hydroxylation sites is 1. The average molecular weight is 447 g/mol. The van der Waals surface area contributed by atoms with Crippen molar-refractivity contribution in [3.8, 4) is 5.75 Å². The van der Waals surface area contributed by atoms with Crippen LogP contribution in [0.25, 0.3) is 0 Å². The van der Waals surface area contributed by atoms with E-state index in [0.717, 1.165) is 24.3 Å². The minimum absolute atomic E-state index is 0.0916. The molecule has 3 aromatic rings. The maximum Gasteiger partial charge on any atom is 0.339 e. The topological polar surface area (TPSA) is 80.1 Å². The second-order valence-corrected chi connectivity index (χ2v) is 8.65. The molecule has 0 aliphatic heterocycles. The summed E-state index contributed by atoms with van der Waals surface area (Å²) in [4.78, 5) is 16.2. The summed E-state index contributed by atoms with van der Waals surface area (Å²) in [6, 6.07) is 14.1. The normalized spacial score (nSPS) is 11.5. The van der Waals surface area contributed by atoms with E-state index in [2.05, 4.69) is 0 Å². The van der Waals surface area contributed by atoms with Crippen LogP contribution in [0.15, 0.2) is 76.2 Å².